The number of rotatable bonds is 8. The maximum Gasteiger partial charge on any atom is 0.407 e. The third-order valence-corrected chi connectivity index (χ3v) is 6.14. The molecule has 3 atom stereocenters. The van der Waals surface area contributed by atoms with Crippen molar-refractivity contribution in [1.82, 2.24) is 10.6 Å². The highest BCUT2D eigenvalue weighted by molar-refractivity contribution is 5.80. The largest absolute Gasteiger partial charge is 0.481 e. The monoisotopic (exact) mass is 452 g/mol. The lowest BCUT2D eigenvalue weighted by Crippen LogP contribution is -2.39. The van der Waals surface area contributed by atoms with Crippen LogP contribution in [0, 0.1) is 5.92 Å². The Morgan fingerprint density at radius 3 is 2.36 bits per heavy atom. The number of alkyl carbamates (subject to hydrolysis) is 1. The van der Waals surface area contributed by atoms with E-state index in [1.165, 1.54) is 11.1 Å². The molecule has 8 heteroatoms. The van der Waals surface area contributed by atoms with Gasteiger partial charge in [0.1, 0.15) is 6.61 Å². The molecule has 0 radical (unpaired) electrons. The van der Waals surface area contributed by atoms with Gasteiger partial charge in [0, 0.05) is 18.5 Å². The highest BCUT2D eigenvalue weighted by Gasteiger charge is 2.32. The fourth-order valence-corrected chi connectivity index (χ4v) is 4.55. The van der Waals surface area contributed by atoms with E-state index >= 15 is 0 Å². The van der Waals surface area contributed by atoms with Gasteiger partial charge in [-0.2, -0.15) is 0 Å². The Balaban J connectivity index is 1.23. The van der Waals surface area contributed by atoms with Gasteiger partial charge in [-0.15, -0.1) is 0 Å². The first-order chi connectivity index (χ1) is 15.9. The lowest BCUT2D eigenvalue weighted by atomic mass is 9.98. The minimum Gasteiger partial charge on any atom is -0.481 e. The summed E-state index contributed by atoms with van der Waals surface area (Å²) in [5.41, 5.74) is 4.64. The van der Waals surface area contributed by atoms with Crippen LogP contribution in [0.4, 0.5) is 4.79 Å². The van der Waals surface area contributed by atoms with Crippen molar-refractivity contribution in [2.24, 2.45) is 5.92 Å². The van der Waals surface area contributed by atoms with Gasteiger partial charge in [0.15, 0.2) is 0 Å². The molecule has 174 valence electrons. The Labute approximate surface area is 192 Å². The van der Waals surface area contributed by atoms with E-state index in [2.05, 4.69) is 34.9 Å². The number of carboxylic acid groups (broad SMARTS) is 1. The molecule has 3 N–H and O–H groups in total. The number of fused-ring (bicyclic) bond motifs is 3. The van der Waals surface area contributed by atoms with Crippen LogP contribution >= 0.6 is 0 Å². The number of hydrogen-bond acceptors (Lipinski definition) is 5. The second-order valence-corrected chi connectivity index (χ2v) is 8.60. The molecule has 0 saturated carbocycles. The Kier molecular flexibility index (Phi) is 6.93. The molecule has 2 amide bonds. The molecule has 2 aromatic carbocycles. The van der Waals surface area contributed by atoms with Crippen LogP contribution in [-0.2, 0) is 19.1 Å². The maximum atomic E-state index is 12.3. The second-order valence-electron chi connectivity index (χ2n) is 8.60. The van der Waals surface area contributed by atoms with Crippen LogP contribution in [0.15, 0.2) is 48.5 Å². The average Bonchev–Trinajstić information content (AvgIpc) is 3.39. The summed E-state index contributed by atoms with van der Waals surface area (Å²) < 4.78 is 11.1. The zero-order valence-electron chi connectivity index (χ0n) is 18.5. The first kappa shape index (κ1) is 22.8. The summed E-state index contributed by atoms with van der Waals surface area (Å²) in [7, 11) is 0. The summed E-state index contributed by atoms with van der Waals surface area (Å²) in [6, 6.07) is 15.8. The minimum absolute atomic E-state index is 0.00764. The summed E-state index contributed by atoms with van der Waals surface area (Å²) in [6.45, 7) is 2.36. The van der Waals surface area contributed by atoms with Gasteiger partial charge in [-0.25, -0.2) is 4.79 Å². The molecular weight excluding hydrogens is 424 g/mol. The molecule has 4 rings (SSSR count). The van der Waals surface area contributed by atoms with Crippen molar-refractivity contribution >= 4 is 18.0 Å². The molecule has 0 bridgehead atoms. The van der Waals surface area contributed by atoms with Gasteiger partial charge >= 0.3 is 12.1 Å². The molecule has 2 aromatic rings. The predicted octanol–water partition coefficient (Wildman–Crippen LogP) is 2.91. The van der Waals surface area contributed by atoms with Crippen molar-refractivity contribution in [2.75, 3.05) is 19.8 Å². The van der Waals surface area contributed by atoms with E-state index in [0.29, 0.717) is 6.42 Å². The van der Waals surface area contributed by atoms with Gasteiger partial charge in [0.25, 0.3) is 0 Å². The van der Waals surface area contributed by atoms with Gasteiger partial charge in [-0.1, -0.05) is 48.5 Å². The van der Waals surface area contributed by atoms with E-state index in [0.717, 1.165) is 11.1 Å². The van der Waals surface area contributed by atoms with Crippen molar-refractivity contribution in [3.63, 3.8) is 0 Å². The number of nitrogens with one attached hydrogen (secondary N) is 2. The highest BCUT2D eigenvalue weighted by atomic mass is 16.5. The fraction of sp³-hybridized carbons (Fsp3) is 0.400. The van der Waals surface area contributed by atoms with E-state index in [4.69, 9.17) is 14.6 Å². The van der Waals surface area contributed by atoms with Crippen molar-refractivity contribution in [3.8, 4) is 11.1 Å². The highest BCUT2D eigenvalue weighted by Crippen LogP contribution is 2.44. The molecular formula is C25H28N2O6. The minimum atomic E-state index is -0.962. The summed E-state index contributed by atoms with van der Waals surface area (Å²) in [4.78, 5) is 35.3. The number of carbonyl (C=O) groups is 3. The normalized spacial score (nSPS) is 19.9. The van der Waals surface area contributed by atoms with Crippen molar-refractivity contribution in [3.05, 3.63) is 59.7 Å². The molecule has 0 spiro atoms. The third kappa shape index (κ3) is 5.34. The number of carboxylic acids is 1. The molecule has 1 fully saturated rings. The maximum absolute atomic E-state index is 12.3. The summed E-state index contributed by atoms with van der Waals surface area (Å²) in [6.07, 6.45) is -0.499. The summed E-state index contributed by atoms with van der Waals surface area (Å²) in [5.74, 6) is -1.56. The molecule has 2 unspecified atom stereocenters. The molecule has 1 saturated heterocycles. The molecule has 1 heterocycles. The Hall–Kier alpha value is -3.39. The zero-order chi connectivity index (χ0) is 23.4. The number of carbonyl (C=O) groups excluding carboxylic acids is 2. The number of hydrogen-bond donors (Lipinski definition) is 3. The Morgan fingerprint density at radius 1 is 1.09 bits per heavy atom. The van der Waals surface area contributed by atoms with Crippen LogP contribution in [0.2, 0.25) is 0 Å². The van der Waals surface area contributed by atoms with Crippen LogP contribution in [0.1, 0.15) is 36.8 Å². The van der Waals surface area contributed by atoms with Gasteiger partial charge in [-0.05, 0) is 35.6 Å². The van der Waals surface area contributed by atoms with Crippen molar-refractivity contribution in [1.29, 1.82) is 0 Å². The van der Waals surface area contributed by atoms with Gasteiger partial charge in [-0.3, -0.25) is 9.59 Å². The molecule has 0 aromatic heterocycles. The number of ether oxygens (including phenoxy) is 2. The number of aliphatic carboxylic acids is 1. The quantitative estimate of drug-likeness (QED) is 0.568. The van der Waals surface area contributed by atoms with E-state index in [1.807, 2.05) is 24.3 Å². The van der Waals surface area contributed by atoms with Gasteiger partial charge < -0.3 is 25.2 Å². The van der Waals surface area contributed by atoms with E-state index in [-0.39, 0.29) is 50.0 Å². The first-order valence-corrected chi connectivity index (χ1v) is 11.1. The Morgan fingerprint density at radius 2 is 1.73 bits per heavy atom. The lowest BCUT2D eigenvalue weighted by molar-refractivity contribution is -0.137. The van der Waals surface area contributed by atoms with Crippen LogP contribution in [0.25, 0.3) is 11.1 Å². The smallest absolute Gasteiger partial charge is 0.407 e. The van der Waals surface area contributed by atoms with Crippen LogP contribution in [0.3, 0.4) is 0 Å². The number of benzene rings is 2. The molecule has 1 aliphatic heterocycles. The number of amides is 2. The summed E-state index contributed by atoms with van der Waals surface area (Å²) >= 11 is 0. The topological polar surface area (TPSA) is 114 Å². The van der Waals surface area contributed by atoms with E-state index in [9.17, 15) is 14.4 Å². The molecule has 33 heavy (non-hydrogen) atoms. The molecule has 8 nitrogen and oxygen atoms in total. The zero-order valence-corrected chi connectivity index (χ0v) is 18.5. The fourth-order valence-electron chi connectivity index (χ4n) is 4.55. The molecule has 1 aliphatic carbocycles. The average molecular weight is 453 g/mol. The third-order valence-electron chi connectivity index (χ3n) is 6.14. The van der Waals surface area contributed by atoms with Gasteiger partial charge in [0.2, 0.25) is 5.91 Å². The van der Waals surface area contributed by atoms with E-state index < -0.39 is 18.1 Å². The van der Waals surface area contributed by atoms with Crippen LogP contribution < -0.4 is 10.6 Å². The Bertz CT molecular complexity index is 994. The second kappa shape index (κ2) is 10.0. The predicted molar refractivity (Wildman–Crippen MR) is 121 cm³/mol. The van der Waals surface area contributed by atoms with E-state index in [1.54, 1.807) is 6.92 Å². The first-order valence-electron chi connectivity index (χ1n) is 11.1. The van der Waals surface area contributed by atoms with Gasteiger partial charge in [0.05, 0.1) is 25.0 Å². The molecule has 2 aliphatic rings. The van der Waals surface area contributed by atoms with Crippen LogP contribution in [-0.4, -0.2) is 55.0 Å². The lowest BCUT2D eigenvalue weighted by Gasteiger charge is -2.16. The summed E-state index contributed by atoms with van der Waals surface area (Å²) in [5, 5.41) is 14.2. The standard InChI is InChI=1S/C25H28N2O6/c1-15(10-23(28)29)27-24(30)16-11-17(32-13-16)12-26-25(31)33-14-22-20-8-4-2-6-18(20)19-7-3-5-9-21(19)22/h2-9,15-17,22H,10-14H2,1H3,(H,26,31)(H,27,30)(H,28,29)/t15-,16?,17?/m0/s1. The van der Waals surface area contributed by atoms with Crippen LogP contribution in [0.5, 0.6) is 0 Å². The van der Waals surface area contributed by atoms with Crippen molar-refractivity contribution in [2.45, 2.75) is 37.8 Å². The van der Waals surface area contributed by atoms with Crippen molar-refractivity contribution < 1.29 is 29.0 Å². The SMILES string of the molecule is C[C@@H](CC(=O)O)NC(=O)C1COC(CNC(=O)OCC2c3ccccc3-c3ccccc32)C1.